The highest BCUT2D eigenvalue weighted by atomic mass is 32.1. The fourth-order valence-corrected chi connectivity index (χ4v) is 4.67. The lowest BCUT2D eigenvalue weighted by Crippen LogP contribution is -2.15. The van der Waals surface area contributed by atoms with E-state index in [4.69, 9.17) is 4.74 Å². The van der Waals surface area contributed by atoms with Gasteiger partial charge in [0.15, 0.2) is 10.3 Å². The number of nitrogens with one attached hydrogen (secondary N) is 1. The second kappa shape index (κ2) is 7.00. The van der Waals surface area contributed by atoms with Gasteiger partial charge in [-0.25, -0.2) is 9.97 Å². The average molecular weight is 388 g/mol. The number of carbonyl (C=O) groups is 2. The maximum atomic E-state index is 12.4. The van der Waals surface area contributed by atoms with Gasteiger partial charge in [0.05, 0.1) is 12.3 Å². The molecule has 0 aliphatic heterocycles. The molecule has 1 atom stereocenters. The summed E-state index contributed by atoms with van der Waals surface area (Å²) in [5, 5.41) is 5.72. The van der Waals surface area contributed by atoms with Crippen molar-refractivity contribution >= 4 is 39.7 Å². The Bertz CT molecular complexity index is 945. The predicted molar refractivity (Wildman–Crippen MR) is 99.2 cm³/mol. The third-order valence-corrected chi connectivity index (χ3v) is 5.96. The number of ether oxygens (including phenoxy) is 1. The summed E-state index contributed by atoms with van der Waals surface area (Å²) in [7, 11) is 0. The van der Waals surface area contributed by atoms with Gasteiger partial charge >= 0.3 is 5.97 Å². The Morgan fingerprint density at radius 1 is 1.35 bits per heavy atom. The first-order valence-corrected chi connectivity index (χ1v) is 9.91. The topological polar surface area (TPSA) is 86.1 Å². The Labute approximate surface area is 157 Å². The number of carbonyl (C=O) groups excluding carboxylic acids is 2. The molecule has 3 aromatic heterocycles. The number of aromatic nitrogens is 3. The van der Waals surface area contributed by atoms with Gasteiger partial charge in [0.25, 0.3) is 5.91 Å². The molecule has 1 aliphatic rings. The summed E-state index contributed by atoms with van der Waals surface area (Å²) in [4.78, 5) is 34.3. The van der Waals surface area contributed by atoms with Gasteiger partial charge in [-0.2, -0.15) is 0 Å². The quantitative estimate of drug-likeness (QED) is 0.678. The molecule has 7 nitrogen and oxygen atoms in total. The first kappa shape index (κ1) is 16.9. The zero-order valence-electron chi connectivity index (χ0n) is 14.0. The van der Waals surface area contributed by atoms with Crippen LogP contribution in [0.5, 0.6) is 0 Å². The Kier molecular flexibility index (Phi) is 4.56. The van der Waals surface area contributed by atoms with E-state index >= 15 is 0 Å². The van der Waals surface area contributed by atoms with Crippen LogP contribution >= 0.6 is 22.7 Å². The molecule has 3 heterocycles. The van der Waals surface area contributed by atoms with Crippen LogP contribution in [0.25, 0.3) is 5.13 Å². The summed E-state index contributed by atoms with van der Waals surface area (Å²) >= 11 is 2.80. The molecule has 134 valence electrons. The Morgan fingerprint density at radius 2 is 2.15 bits per heavy atom. The lowest BCUT2D eigenvalue weighted by atomic mass is 10.1. The van der Waals surface area contributed by atoms with E-state index in [1.54, 1.807) is 12.3 Å². The number of hydrogen-bond acceptors (Lipinski definition) is 7. The van der Waals surface area contributed by atoms with Gasteiger partial charge in [-0.3, -0.25) is 14.9 Å². The lowest BCUT2D eigenvalue weighted by Gasteiger charge is -2.07. The molecule has 26 heavy (non-hydrogen) atoms. The molecule has 3 aromatic rings. The fraction of sp³-hybridized carbons (Fsp3) is 0.294. The monoisotopic (exact) mass is 388 g/mol. The van der Waals surface area contributed by atoms with E-state index in [1.807, 2.05) is 29.1 Å². The molecular weight excluding hydrogens is 372 g/mol. The summed E-state index contributed by atoms with van der Waals surface area (Å²) in [6, 6.07) is 3.80. The molecule has 0 fully saturated rings. The van der Waals surface area contributed by atoms with Gasteiger partial charge in [0, 0.05) is 22.7 Å². The molecule has 0 aromatic carbocycles. The minimum Gasteiger partial charge on any atom is -0.465 e. The summed E-state index contributed by atoms with van der Waals surface area (Å²) in [5.41, 5.74) is 1.08. The molecule has 1 N–H and O–H groups in total. The van der Waals surface area contributed by atoms with E-state index in [0.29, 0.717) is 23.9 Å². The van der Waals surface area contributed by atoms with Crippen LogP contribution in [0.4, 0.5) is 5.13 Å². The zero-order valence-corrected chi connectivity index (χ0v) is 15.6. The van der Waals surface area contributed by atoms with Crippen molar-refractivity contribution < 1.29 is 14.3 Å². The van der Waals surface area contributed by atoms with E-state index in [0.717, 1.165) is 22.1 Å². The maximum absolute atomic E-state index is 12.4. The molecule has 9 heteroatoms. The first-order valence-electron chi connectivity index (χ1n) is 8.22. The Hall–Kier alpha value is -2.52. The molecule has 0 bridgehead atoms. The minimum atomic E-state index is -0.327. The number of thiazole rings is 2. The molecule has 1 unspecified atom stereocenters. The number of amides is 1. The second-order valence-electron chi connectivity index (χ2n) is 5.73. The van der Waals surface area contributed by atoms with Gasteiger partial charge in [0.2, 0.25) is 0 Å². The van der Waals surface area contributed by atoms with Gasteiger partial charge in [-0.1, -0.05) is 0 Å². The third-order valence-electron chi connectivity index (χ3n) is 4.06. The molecule has 0 saturated carbocycles. The predicted octanol–water partition coefficient (Wildman–Crippen LogP) is 3.24. The van der Waals surface area contributed by atoms with Crippen LogP contribution in [0.3, 0.4) is 0 Å². The standard InChI is InChI=1S/C17H16N4O3S2/c1-2-24-15(23)10-5-6-12-13(10)19-16(26-12)20-14(22)11-9-25-17(18-11)21-7-3-4-8-21/h3-4,7-10H,2,5-6H2,1H3,(H,19,20,22). The molecule has 4 rings (SSSR count). The van der Waals surface area contributed by atoms with Gasteiger partial charge in [-0.05, 0) is 31.9 Å². The molecule has 1 aliphatic carbocycles. The number of rotatable bonds is 5. The summed E-state index contributed by atoms with van der Waals surface area (Å²) in [6.07, 6.45) is 5.25. The van der Waals surface area contributed by atoms with E-state index in [1.165, 1.54) is 22.7 Å². The van der Waals surface area contributed by atoms with Gasteiger partial charge in [0.1, 0.15) is 11.6 Å². The maximum Gasteiger partial charge on any atom is 0.315 e. The summed E-state index contributed by atoms with van der Waals surface area (Å²) in [6.45, 7) is 2.14. The molecule has 0 radical (unpaired) electrons. The number of anilines is 1. The Balaban J connectivity index is 1.48. The number of aryl methyl sites for hydroxylation is 1. The fourth-order valence-electron chi connectivity index (χ4n) is 2.86. The van der Waals surface area contributed by atoms with Crippen LogP contribution in [0.2, 0.25) is 0 Å². The van der Waals surface area contributed by atoms with Crippen molar-refractivity contribution in [2.24, 2.45) is 0 Å². The van der Waals surface area contributed by atoms with Gasteiger partial charge < -0.3 is 9.30 Å². The lowest BCUT2D eigenvalue weighted by molar-refractivity contribution is -0.145. The summed E-state index contributed by atoms with van der Waals surface area (Å²) in [5.74, 6) is -0.878. The van der Waals surface area contributed by atoms with Crippen molar-refractivity contribution in [3.63, 3.8) is 0 Å². The zero-order chi connectivity index (χ0) is 18.1. The van der Waals surface area contributed by atoms with E-state index in [-0.39, 0.29) is 17.8 Å². The molecule has 1 amide bonds. The van der Waals surface area contributed by atoms with E-state index < -0.39 is 0 Å². The first-order chi connectivity index (χ1) is 12.7. The van der Waals surface area contributed by atoms with E-state index in [2.05, 4.69) is 15.3 Å². The molecular formula is C17H16N4O3S2. The van der Waals surface area contributed by atoms with Crippen LogP contribution in [0, 0.1) is 0 Å². The van der Waals surface area contributed by atoms with Crippen molar-refractivity contribution in [2.45, 2.75) is 25.7 Å². The largest absolute Gasteiger partial charge is 0.465 e. The Morgan fingerprint density at radius 3 is 2.92 bits per heavy atom. The van der Waals surface area contributed by atoms with E-state index in [9.17, 15) is 9.59 Å². The highest BCUT2D eigenvalue weighted by Gasteiger charge is 2.33. The summed E-state index contributed by atoms with van der Waals surface area (Å²) < 4.78 is 6.96. The highest BCUT2D eigenvalue weighted by molar-refractivity contribution is 7.16. The smallest absolute Gasteiger partial charge is 0.315 e. The van der Waals surface area contributed by atoms with Gasteiger partial charge in [-0.15, -0.1) is 22.7 Å². The third kappa shape index (κ3) is 3.15. The van der Waals surface area contributed by atoms with Crippen LogP contribution in [0.15, 0.2) is 29.9 Å². The minimum absolute atomic E-state index is 0.245. The number of nitrogens with zero attached hydrogens (tertiary/aromatic N) is 3. The van der Waals surface area contributed by atoms with Crippen LogP contribution in [0.1, 0.15) is 40.3 Å². The van der Waals surface area contributed by atoms with Crippen LogP contribution < -0.4 is 5.32 Å². The van der Waals surface area contributed by atoms with Crippen molar-refractivity contribution in [1.29, 1.82) is 0 Å². The van der Waals surface area contributed by atoms with Crippen molar-refractivity contribution in [3.8, 4) is 5.13 Å². The molecule has 0 spiro atoms. The molecule has 0 saturated heterocycles. The average Bonchev–Trinajstić information content (AvgIpc) is 3.37. The highest BCUT2D eigenvalue weighted by Crippen LogP contribution is 2.39. The number of esters is 1. The van der Waals surface area contributed by atoms with Crippen LogP contribution in [-0.4, -0.2) is 33.0 Å². The SMILES string of the molecule is CCOC(=O)C1CCc2sc(NC(=O)c3csc(-n4cccc4)n3)nc21. The number of hydrogen-bond donors (Lipinski definition) is 1. The normalized spacial score (nSPS) is 15.7. The van der Waals surface area contributed by atoms with Crippen molar-refractivity contribution in [3.05, 3.63) is 46.2 Å². The van der Waals surface area contributed by atoms with Crippen molar-refractivity contribution in [2.75, 3.05) is 11.9 Å². The number of fused-ring (bicyclic) bond motifs is 1. The van der Waals surface area contributed by atoms with Crippen LogP contribution in [-0.2, 0) is 16.0 Å². The van der Waals surface area contributed by atoms with Crippen molar-refractivity contribution in [1.82, 2.24) is 14.5 Å². The second-order valence-corrected chi connectivity index (χ2v) is 7.65.